The van der Waals surface area contributed by atoms with Crippen molar-refractivity contribution >= 4 is 23.2 Å². The fraction of sp³-hybridized carbons (Fsp3) is 0.615. The van der Waals surface area contributed by atoms with Crippen LogP contribution in [0.2, 0.25) is 0 Å². The van der Waals surface area contributed by atoms with Crippen LogP contribution in [0.5, 0.6) is 0 Å². The van der Waals surface area contributed by atoms with Crippen LogP contribution in [0.4, 0.5) is 0 Å². The van der Waals surface area contributed by atoms with E-state index in [2.05, 4.69) is 15.6 Å². The number of nitrogens with one attached hydrogen (secondary N) is 2. The van der Waals surface area contributed by atoms with Gasteiger partial charge in [0.25, 0.3) is 0 Å². The van der Waals surface area contributed by atoms with Crippen LogP contribution in [0.1, 0.15) is 36.3 Å². The van der Waals surface area contributed by atoms with E-state index in [1.807, 2.05) is 6.92 Å². The molecule has 0 aromatic carbocycles. The van der Waals surface area contributed by atoms with Crippen molar-refractivity contribution < 1.29 is 9.59 Å². The summed E-state index contributed by atoms with van der Waals surface area (Å²) in [5.74, 6) is -0.116. The highest BCUT2D eigenvalue weighted by molar-refractivity contribution is 7.09. The number of aryl methyl sites for hydroxylation is 2. The number of aromatic nitrogens is 1. The molecule has 2 N–H and O–H groups in total. The van der Waals surface area contributed by atoms with E-state index >= 15 is 0 Å². The first kappa shape index (κ1) is 14.0. The van der Waals surface area contributed by atoms with Crippen LogP contribution in [0.3, 0.4) is 0 Å². The van der Waals surface area contributed by atoms with Crippen LogP contribution in [0.25, 0.3) is 0 Å². The summed E-state index contributed by atoms with van der Waals surface area (Å²) >= 11 is 1.57. The number of hydrogen-bond donors (Lipinski definition) is 2. The molecule has 2 rings (SSSR count). The first-order chi connectivity index (χ1) is 9.16. The second kappa shape index (κ2) is 6.65. The SMILES string of the molecule is Cc1ncsc1CCC(=O)N[C@@H]1CCCCNC1=O. The van der Waals surface area contributed by atoms with Crippen molar-refractivity contribution in [2.75, 3.05) is 6.54 Å². The summed E-state index contributed by atoms with van der Waals surface area (Å²) in [6, 6.07) is -0.363. The quantitative estimate of drug-likeness (QED) is 0.870. The maximum absolute atomic E-state index is 11.9. The van der Waals surface area contributed by atoms with Crippen LogP contribution < -0.4 is 10.6 Å². The molecule has 5 nitrogen and oxygen atoms in total. The van der Waals surface area contributed by atoms with Gasteiger partial charge in [-0.25, -0.2) is 4.98 Å². The first-order valence-electron chi connectivity index (χ1n) is 6.63. The van der Waals surface area contributed by atoms with Crippen LogP contribution >= 0.6 is 11.3 Å². The average molecular weight is 281 g/mol. The lowest BCUT2D eigenvalue weighted by Gasteiger charge is -2.14. The van der Waals surface area contributed by atoms with Crippen molar-refractivity contribution in [3.05, 3.63) is 16.1 Å². The number of carbonyl (C=O) groups excluding carboxylic acids is 2. The maximum Gasteiger partial charge on any atom is 0.242 e. The van der Waals surface area contributed by atoms with E-state index in [4.69, 9.17) is 0 Å². The average Bonchev–Trinajstić information content (AvgIpc) is 2.69. The molecular formula is C13H19N3O2S. The first-order valence-corrected chi connectivity index (χ1v) is 7.51. The number of amides is 2. The van der Waals surface area contributed by atoms with Crippen molar-refractivity contribution in [2.45, 2.75) is 45.1 Å². The van der Waals surface area contributed by atoms with E-state index < -0.39 is 0 Å². The molecule has 1 atom stereocenters. The highest BCUT2D eigenvalue weighted by Gasteiger charge is 2.22. The Labute approximate surface area is 116 Å². The molecule has 0 bridgehead atoms. The summed E-state index contributed by atoms with van der Waals surface area (Å²) in [6.07, 6.45) is 3.79. The van der Waals surface area contributed by atoms with Gasteiger partial charge in [-0.1, -0.05) is 0 Å². The molecule has 0 aliphatic carbocycles. The van der Waals surface area contributed by atoms with Gasteiger partial charge < -0.3 is 10.6 Å². The van der Waals surface area contributed by atoms with Gasteiger partial charge in [-0.2, -0.15) is 0 Å². The van der Waals surface area contributed by atoms with Gasteiger partial charge >= 0.3 is 0 Å². The molecule has 1 aromatic rings. The number of hydrogen-bond acceptors (Lipinski definition) is 4. The molecule has 19 heavy (non-hydrogen) atoms. The third-order valence-electron chi connectivity index (χ3n) is 3.29. The Balaban J connectivity index is 1.80. The second-order valence-corrected chi connectivity index (χ2v) is 5.71. The molecule has 1 aliphatic heterocycles. The largest absolute Gasteiger partial charge is 0.354 e. The maximum atomic E-state index is 11.9. The Morgan fingerprint density at radius 1 is 1.58 bits per heavy atom. The summed E-state index contributed by atoms with van der Waals surface area (Å²) in [6.45, 7) is 2.66. The van der Waals surface area contributed by atoms with Crippen LogP contribution in [0.15, 0.2) is 5.51 Å². The summed E-state index contributed by atoms with van der Waals surface area (Å²) in [7, 11) is 0. The molecule has 0 unspecified atom stereocenters. The molecule has 1 aromatic heterocycles. The summed E-state index contributed by atoms with van der Waals surface area (Å²) in [4.78, 5) is 28.9. The lowest BCUT2D eigenvalue weighted by Crippen LogP contribution is -2.45. The topological polar surface area (TPSA) is 71.1 Å². The summed E-state index contributed by atoms with van der Waals surface area (Å²) in [5.41, 5.74) is 2.78. The van der Waals surface area contributed by atoms with Crippen molar-refractivity contribution in [3.8, 4) is 0 Å². The Kier molecular flexibility index (Phi) is 4.90. The molecule has 0 spiro atoms. The van der Waals surface area contributed by atoms with Gasteiger partial charge in [-0.05, 0) is 32.6 Å². The van der Waals surface area contributed by atoms with E-state index in [1.165, 1.54) is 0 Å². The zero-order valence-electron chi connectivity index (χ0n) is 11.1. The monoisotopic (exact) mass is 281 g/mol. The number of thiazole rings is 1. The molecule has 2 amide bonds. The number of rotatable bonds is 4. The van der Waals surface area contributed by atoms with Crippen molar-refractivity contribution in [1.82, 2.24) is 15.6 Å². The third-order valence-corrected chi connectivity index (χ3v) is 4.29. The highest BCUT2D eigenvalue weighted by atomic mass is 32.1. The minimum atomic E-state index is -0.363. The van der Waals surface area contributed by atoms with Gasteiger partial charge in [0.2, 0.25) is 11.8 Å². The zero-order valence-corrected chi connectivity index (χ0v) is 11.9. The standard InChI is InChI=1S/C13H19N3O2S/c1-9-11(19-8-15-9)5-6-12(17)16-10-4-2-3-7-14-13(10)18/h8,10H,2-7H2,1H3,(H,14,18)(H,16,17)/t10-/m1/s1. The molecule has 0 radical (unpaired) electrons. The lowest BCUT2D eigenvalue weighted by molar-refractivity contribution is -0.128. The summed E-state index contributed by atoms with van der Waals surface area (Å²) in [5, 5.41) is 5.64. The molecule has 104 valence electrons. The van der Waals surface area contributed by atoms with Gasteiger partial charge in [0, 0.05) is 17.8 Å². The molecule has 1 aliphatic rings. The second-order valence-electron chi connectivity index (χ2n) is 4.77. The van der Waals surface area contributed by atoms with Crippen molar-refractivity contribution in [3.63, 3.8) is 0 Å². The van der Waals surface area contributed by atoms with Crippen LogP contribution in [-0.2, 0) is 16.0 Å². The Bertz CT molecular complexity index is 458. The fourth-order valence-corrected chi connectivity index (χ4v) is 2.92. The van der Waals surface area contributed by atoms with Gasteiger partial charge in [0.1, 0.15) is 6.04 Å². The van der Waals surface area contributed by atoms with Crippen LogP contribution in [-0.4, -0.2) is 29.4 Å². The lowest BCUT2D eigenvalue weighted by atomic mass is 10.1. The molecule has 6 heteroatoms. The van der Waals surface area contributed by atoms with Crippen LogP contribution in [0, 0.1) is 6.92 Å². The van der Waals surface area contributed by atoms with E-state index in [0.717, 1.165) is 29.8 Å². The van der Waals surface area contributed by atoms with Gasteiger partial charge in [0.05, 0.1) is 11.2 Å². The summed E-state index contributed by atoms with van der Waals surface area (Å²) < 4.78 is 0. The highest BCUT2D eigenvalue weighted by Crippen LogP contribution is 2.14. The van der Waals surface area contributed by atoms with E-state index in [1.54, 1.807) is 16.8 Å². The Hall–Kier alpha value is -1.43. The van der Waals surface area contributed by atoms with Gasteiger partial charge in [-0.15, -0.1) is 11.3 Å². The zero-order chi connectivity index (χ0) is 13.7. The van der Waals surface area contributed by atoms with E-state index in [0.29, 0.717) is 19.4 Å². The normalized spacial score (nSPS) is 19.6. The third kappa shape index (κ3) is 4.02. The molecule has 1 saturated heterocycles. The molecule has 0 saturated carbocycles. The Morgan fingerprint density at radius 3 is 3.16 bits per heavy atom. The predicted molar refractivity (Wildman–Crippen MR) is 74.0 cm³/mol. The molecule has 1 fully saturated rings. The van der Waals surface area contributed by atoms with Gasteiger partial charge in [-0.3, -0.25) is 9.59 Å². The molecular weight excluding hydrogens is 262 g/mol. The van der Waals surface area contributed by atoms with E-state index in [9.17, 15) is 9.59 Å². The minimum Gasteiger partial charge on any atom is -0.354 e. The minimum absolute atomic E-state index is 0.0557. The van der Waals surface area contributed by atoms with E-state index in [-0.39, 0.29) is 17.9 Å². The van der Waals surface area contributed by atoms with Crippen molar-refractivity contribution in [2.24, 2.45) is 0 Å². The predicted octanol–water partition coefficient (Wildman–Crippen LogP) is 1.17. The molecule has 2 heterocycles. The van der Waals surface area contributed by atoms with Crippen molar-refractivity contribution in [1.29, 1.82) is 0 Å². The smallest absolute Gasteiger partial charge is 0.242 e. The fourth-order valence-electron chi connectivity index (χ4n) is 2.14. The Morgan fingerprint density at radius 2 is 2.42 bits per heavy atom. The number of nitrogens with zero attached hydrogens (tertiary/aromatic N) is 1. The van der Waals surface area contributed by atoms with Gasteiger partial charge in [0.15, 0.2) is 0 Å². The number of carbonyl (C=O) groups is 2.